The molecule has 0 saturated heterocycles. The first-order chi connectivity index (χ1) is 8.71. The summed E-state index contributed by atoms with van der Waals surface area (Å²) in [6, 6.07) is 3.10. The van der Waals surface area contributed by atoms with Gasteiger partial charge in [-0.05, 0) is 39.3 Å². The van der Waals surface area contributed by atoms with E-state index in [2.05, 4.69) is 41.2 Å². The molecule has 104 valence electrons. The molecule has 1 N–H and O–H groups in total. The van der Waals surface area contributed by atoms with Gasteiger partial charge in [0.2, 0.25) is 0 Å². The van der Waals surface area contributed by atoms with Gasteiger partial charge in [-0.15, -0.1) is 0 Å². The molecule has 2 atom stereocenters. The summed E-state index contributed by atoms with van der Waals surface area (Å²) < 4.78 is 7.16. The molecule has 1 heterocycles. The normalized spacial score (nSPS) is 14.7. The van der Waals surface area contributed by atoms with E-state index in [0.29, 0.717) is 12.1 Å². The predicted molar refractivity (Wildman–Crippen MR) is 74.9 cm³/mol. The second-order valence-electron chi connectivity index (χ2n) is 4.87. The van der Waals surface area contributed by atoms with E-state index in [1.165, 1.54) is 5.69 Å². The molecule has 0 fully saturated rings. The summed E-state index contributed by atoms with van der Waals surface area (Å²) >= 11 is 0. The molecular formula is C14H27N3O. The maximum absolute atomic E-state index is 5.09. The second kappa shape index (κ2) is 8.27. The standard InChI is InChI=1S/C14H27N3O/c1-5-12(2)17-9-8-14(16-17)11-13(15-3)7-6-10-18-4/h8-9,12-13,15H,5-7,10-11H2,1-4H3. The van der Waals surface area contributed by atoms with E-state index in [4.69, 9.17) is 4.74 Å². The molecule has 0 amide bonds. The topological polar surface area (TPSA) is 39.1 Å². The molecule has 0 aliphatic heterocycles. The van der Waals surface area contributed by atoms with Crippen molar-refractivity contribution in [2.24, 2.45) is 0 Å². The highest BCUT2D eigenvalue weighted by Gasteiger charge is 2.10. The lowest BCUT2D eigenvalue weighted by Crippen LogP contribution is -2.28. The highest BCUT2D eigenvalue weighted by atomic mass is 16.5. The average molecular weight is 253 g/mol. The van der Waals surface area contributed by atoms with Gasteiger partial charge >= 0.3 is 0 Å². The van der Waals surface area contributed by atoms with Crippen molar-refractivity contribution in [3.63, 3.8) is 0 Å². The Bertz CT molecular complexity index is 325. The number of methoxy groups -OCH3 is 1. The largest absolute Gasteiger partial charge is 0.385 e. The number of nitrogens with one attached hydrogen (secondary N) is 1. The van der Waals surface area contributed by atoms with Gasteiger partial charge in [-0.25, -0.2) is 0 Å². The van der Waals surface area contributed by atoms with Crippen molar-refractivity contribution in [2.45, 2.75) is 51.6 Å². The Balaban J connectivity index is 2.46. The number of hydrogen-bond donors (Lipinski definition) is 1. The van der Waals surface area contributed by atoms with Gasteiger partial charge in [0.05, 0.1) is 5.69 Å². The van der Waals surface area contributed by atoms with Crippen LogP contribution in [0.4, 0.5) is 0 Å². The van der Waals surface area contributed by atoms with Gasteiger partial charge in [0.15, 0.2) is 0 Å². The molecule has 0 aliphatic carbocycles. The van der Waals surface area contributed by atoms with Gasteiger partial charge in [-0.1, -0.05) is 6.92 Å². The van der Waals surface area contributed by atoms with Crippen LogP contribution in [0.3, 0.4) is 0 Å². The number of nitrogens with zero attached hydrogens (tertiary/aromatic N) is 2. The van der Waals surface area contributed by atoms with Crippen molar-refractivity contribution in [1.29, 1.82) is 0 Å². The van der Waals surface area contributed by atoms with Gasteiger partial charge < -0.3 is 10.1 Å². The van der Waals surface area contributed by atoms with E-state index in [9.17, 15) is 0 Å². The molecule has 4 heteroatoms. The summed E-state index contributed by atoms with van der Waals surface area (Å²) in [5, 5.41) is 8.00. The minimum absolute atomic E-state index is 0.486. The van der Waals surface area contributed by atoms with Gasteiger partial charge in [0.1, 0.15) is 0 Å². The molecule has 0 radical (unpaired) electrons. The number of aromatic nitrogens is 2. The fourth-order valence-electron chi connectivity index (χ4n) is 1.99. The van der Waals surface area contributed by atoms with Crippen LogP contribution in [0.25, 0.3) is 0 Å². The van der Waals surface area contributed by atoms with Crippen LogP contribution in [0.1, 0.15) is 44.8 Å². The lowest BCUT2D eigenvalue weighted by Gasteiger charge is -2.14. The molecular weight excluding hydrogens is 226 g/mol. The molecule has 4 nitrogen and oxygen atoms in total. The summed E-state index contributed by atoms with van der Waals surface area (Å²) in [4.78, 5) is 0. The second-order valence-corrected chi connectivity index (χ2v) is 4.87. The van der Waals surface area contributed by atoms with Crippen LogP contribution in [-0.4, -0.2) is 36.6 Å². The Labute approximate surface area is 111 Å². The fourth-order valence-corrected chi connectivity index (χ4v) is 1.99. The van der Waals surface area contributed by atoms with Crippen LogP contribution in [0, 0.1) is 0 Å². The maximum Gasteiger partial charge on any atom is 0.0640 e. The maximum atomic E-state index is 5.09. The van der Waals surface area contributed by atoms with Crippen LogP contribution in [0.5, 0.6) is 0 Å². The SMILES string of the molecule is CCC(C)n1ccc(CC(CCCOC)NC)n1. The van der Waals surface area contributed by atoms with E-state index < -0.39 is 0 Å². The zero-order valence-electron chi connectivity index (χ0n) is 12.1. The van der Waals surface area contributed by atoms with E-state index >= 15 is 0 Å². The summed E-state index contributed by atoms with van der Waals surface area (Å²) in [6.45, 7) is 5.22. The Hall–Kier alpha value is -0.870. The molecule has 0 saturated carbocycles. The number of rotatable bonds is 9. The fraction of sp³-hybridized carbons (Fsp3) is 0.786. The first kappa shape index (κ1) is 15.2. The first-order valence-corrected chi connectivity index (χ1v) is 6.91. The molecule has 1 rings (SSSR count). The molecule has 0 aliphatic rings. The van der Waals surface area contributed by atoms with Crippen molar-refractivity contribution < 1.29 is 4.74 Å². The van der Waals surface area contributed by atoms with Crippen molar-refractivity contribution >= 4 is 0 Å². The minimum Gasteiger partial charge on any atom is -0.385 e. The highest BCUT2D eigenvalue weighted by Crippen LogP contribution is 2.11. The Morgan fingerprint density at radius 1 is 1.50 bits per heavy atom. The van der Waals surface area contributed by atoms with Gasteiger partial charge in [0.25, 0.3) is 0 Å². The lowest BCUT2D eigenvalue weighted by atomic mass is 10.1. The van der Waals surface area contributed by atoms with Crippen LogP contribution in [0.2, 0.25) is 0 Å². The van der Waals surface area contributed by atoms with Crippen LogP contribution in [-0.2, 0) is 11.2 Å². The number of ether oxygens (including phenoxy) is 1. The summed E-state index contributed by atoms with van der Waals surface area (Å²) in [7, 11) is 3.77. The van der Waals surface area contributed by atoms with Crippen LogP contribution >= 0.6 is 0 Å². The molecule has 2 unspecified atom stereocenters. The number of hydrogen-bond acceptors (Lipinski definition) is 3. The third-order valence-corrected chi connectivity index (χ3v) is 3.47. The molecule has 0 bridgehead atoms. The smallest absolute Gasteiger partial charge is 0.0640 e. The van der Waals surface area contributed by atoms with E-state index in [-0.39, 0.29) is 0 Å². The van der Waals surface area contributed by atoms with Gasteiger partial charge in [-0.2, -0.15) is 5.10 Å². The van der Waals surface area contributed by atoms with Crippen LogP contribution < -0.4 is 5.32 Å². The highest BCUT2D eigenvalue weighted by molar-refractivity contribution is 5.02. The molecule has 1 aromatic rings. The minimum atomic E-state index is 0.486. The van der Waals surface area contributed by atoms with E-state index in [0.717, 1.165) is 32.3 Å². The van der Waals surface area contributed by atoms with Crippen LogP contribution in [0.15, 0.2) is 12.3 Å². The van der Waals surface area contributed by atoms with E-state index in [1.54, 1.807) is 7.11 Å². The van der Waals surface area contributed by atoms with Gasteiger partial charge in [0, 0.05) is 38.4 Å². The zero-order valence-corrected chi connectivity index (χ0v) is 12.1. The third kappa shape index (κ3) is 4.78. The Kier molecular flexibility index (Phi) is 6.98. The van der Waals surface area contributed by atoms with Crippen molar-refractivity contribution in [2.75, 3.05) is 20.8 Å². The zero-order chi connectivity index (χ0) is 13.4. The molecule has 18 heavy (non-hydrogen) atoms. The summed E-state index contributed by atoms with van der Waals surface area (Å²) in [6.07, 6.45) is 6.41. The lowest BCUT2D eigenvalue weighted by molar-refractivity contribution is 0.189. The summed E-state index contributed by atoms with van der Waals surface area (Å²) in [5.41, 5.74) is 1.17. The van der Waals surface area contributed by atoms with Crippen molar-refractivity contribution in [3.05, 3.63) is 18.0 Å². The molecule has 1 aromatic heterocycles. The van der Waals surface area contributed by atoms with Crippen molar-refractivity contribution in [1.82, 2.24) is 15.1 Å². The van der Waals surface area contributed by atoms with E-state index in [1.807, 2.05) is 7.05 Å². The first-order valence-electron chi connectivity index (χ1n) is 6.91. The summed E-state index contributed by atoms with van der Waals surface area (Å²) in [5.74, 6) is 0. The quantitative estimate of drug-likeness (QED) is 0.687. The Morgan fingerprint density at radius 3 is 2.89 bits per heavy atom. The third-order valence-electron chi connectivity index (χ3n) is 3.47. The monoisotopic (exact) mass is 253 g/mol. The van der Waals surface area contributed by atoms with Gasteiger partial charge in [-0.3, -0.25) is 4.68 Å². The average Bonchev–Trinajstić information content (AvgIpc) is 2.85. The van der Waals surface area contributed by atoms with Crippen molar-refractivity contribution in [3.8, 4) is 0 Å². The molecule has 0 spiro atoms. The Morgan fingerprint density at radius 2 is 2.28 bits per heavy atom. The molecule has 0 aromatic carbocycles. The number of likely N-dealkylation sites (N-methyl/N-ethyl adjacent to an activating group) is 1. The predicted octanol–water partition coefficient (Wildman–Crippen LogP) is 2.41.